The molecule has 5 heteroatoms. The molecule has 0 saturated carbocycles. The zero-order chi connectivity index (χ0) is 17.7. The number of rotatable bonds is 4. The van der Waals surface area contributed by atoms with Crippen molar-refractivity contribution in [1.29, 1.82) is 0 Å². The fourth-order valence-electron chi connectivity index (χ4n) is 2.09. The fraction of sp³-hybridized carbons (Fsp3) is 0.263. The van der Waals surface area contributed by atoms with Gasteiger partial charge in [-0.3, -0.25) is 4.79 Å². The SMILES string of the molecule is COC(=O)C(=Cc1ccco1)NC(=O)c1ccc(C(C)(C)C)cc1. The molecule has 1 aromatic heterocycles. The van der Waals surface area contributed by atoms with Crippen LogP contribution in [0.3, 0.4) is 0 Å². The average Bonchev–Trinajstić information content (AvgIpc) is 3.05. The summed E-state index contributed by atoms with van der Waals surface area (Å²) >= 11 is 0. The van der Waals surface area contributed by atoms with Crippen LogP contribution in [0.15, 0.2) is 52.8 Å². The predicted molar refractivity (Wildman–Crippen MR) is 91.3 cm³/mol. The van der Waals surface area contributed by atoms with Gasteiger partial charge in [0.1, 0.15) is 11.5 Å². The molecule has 2 rings (SSSR count). The van der Waals surface area contributed by atoms with Gasteiger partial charge in [0.25, 0.3) is 5.91 Å². The number of carbonyl (C=O) groups excluding carboxylic acids is 2. The van der Waals surface area contributed by atoms with Crippen LogP contribution in [0.5, 0.6) is 0 Å². The van der Waals surface area contributed by atoms with Crippen LogP contribution in [0.1, 0.15) is 42.5 Å². The van der Waals surface area contributed by atoms with Crippen LogP contribution >= 0.6 is 0 Å². The van der Waals surface area contributed by atoms with Gasteiger partial charge >= 0.3 is 5.97 Å². The van der Waals surface area contributed by atoms with Gasteiger partial charge in [-0.2, -0.15) is 0 Å². The first-order valence-corrected chi connectivity index (χ1v) is 7.56. The minimum atomic E-state index is -0.647. The first-order chi connectivity index (χ1) is 11.3. The van der Waals surface area contributed by atoms with Gasteiger partial charge in [-0.15, -0.1) is 0 Å². The van der Waals surface area contributed by atoms with E-state index in [0.717, 1.165) is 5.56 Å². The van der Waals surface area contributed by atoms with Crippen LogP contribution in [-0.2, 0) is 14.9 Å². The number of amides is 1. The monoisotopic (exact) mass is 327 g/mol. The van der Waals surface area contributed by atoms with Crippen molar-refractivity contribution in [1.82, 2.24) is 5.32 Å². The lowest BCUT2D eigenvalue weighted by molar-refractivity contribution is -0.136. The van der Waals surface area contributed by atoms with E-state index < -0.39 is 11.9 Å². The summed E-state index contributed by atoms with van der Waals surface area (Å²) in [4.78, 5) is 24.2. The molecular weight excluding hydrogens is 306 g/mol. The third kappa shape index (κ3) is 4.35. The number of ether oxygens (including phenoxy) is 1. The standard InChI is InChI=1S/C19H21NO4/c1-19(2,3)14-9-7-13(8-10-14)17(21)20-16(18(22)23-4)12-15-6-5-11-24-15/h5-12H,1-4H3,(H,20,21). The molecule has 1 heterocycles. The Morgan fingerprint density at radius 2 is 1.79 bits per heavy atom. The molecule has 24 heavy (non-hydrogen) atoms. The van der Waals surface area contributed by atoms with Crippen molar-refractivity contribution in [3.05, 3.63) is 65.2 Å². The quantitative estimate of drug-likeness (QED) is 0.689. The molecule has 0 saturated heterocycles. The van der Waals surface area contributed by atoms with Crippen LogP contribution in [0, 0.1) is 0 Å². The van der Waals surface area contributed by atoms with Gasteiger partial charge in [-0.25, -0.2) is 4.79 Å². The van der Waals surface area contributed by atoms with Gasteiger partial charge in [0.2, 0.25) is 0 Å². The molecule has 5 nitrogen and oxygen atoms in total. The topological polar surface area (TPSA) is 68.5 Å². The second kappa shape index (κ2) is 7.17. The smallest absolute Gasteiger partial charge is 0.354 e. The fourth-order valence-corrected chi connectivity index (χ4v) is 2.09. The third-order valence-electron chi connectivity index (χ3n) is 3.50. The van der Waals surface area contributed by atoms with E-state index in [4.69, 9.17) is 9.15 Å². The van der Waals surface area contributed by atoms with E-state index in [9.17, 15) is 9.59 Å². The van der Waals surface area contributed by atoms with Gasteiger partial charge in [-0.05, 0) is 35.2 Å². The Labute approximate surface area is 141 Å². The maximum absolute atomic E-state index is 12.4. The molecule has 1 N–H and O–H groups in total. The number of furan rings is 1. The molecule has 0 bridgehead atoms. The molecular formula is C19H21NO4. The first kappa shape index (κ1) is 17.5. The zero-order valence-corrected chi connectivity index (χ0v) is 14.3. The van der Waals surface area contributed by atoms with Crippen LogP contribution in [0.2, 0.25) is 0 Å². The molecule has 0 radical (unpaired) electrons. The summed E-state index contributed by atoms with van der Waals surface area (Å²) in [5.41, 5.74) is 1.60. The second-order valence-electron chi connectivity index (χ2n) is 6.35. The number of hydrogen-bond acceptors (Lipinski definition) is 4. The predicted octanol–water partition coefficient (Wildman–Crippen LogP) is 3.52. The van der Waals surface area contributed by atoms with Crippen molar-refractivity contribution in [3.8, 4) is 0 Å². The van der Waals surface area contributed by atoms with E-state index in [1.54, 1.807) is 24.3 Å². The van der Waals surface area contributed by atoms with Gasteiger partial charge in [-0.1, -0.05) is 32.9 Å². The van der Waals surface area contributed by atoms with E-state index in [-0.39, 0.29) is 11.1 Å². The highest BCUT2D eigenvalue weighted by molar-refractivity contribution is 6.03. The van der Waals surface area contributed by atoms with Crippen LogP contribution in [0.4, 0.5) is 0 Å². The highest BCUT2D eigenvalue weighted by Crippen LogP contribution is 2.22. The maximum atomic E-state index is 12.4. The van der Waals surface area contributed by atoms with Crippen molar-refractivity contribution in [2.24, 2.45) is 0 Å². The second-order valence-corrected chi connectivity index (χ2v) is 6.35. The Bertz CT molecular complexity index is 735. The van der Waals surface area contributed by atoms with Crippen molar-refractivity contribution in [3.63, 3.8) is 0 Å². The Hall–Kier alpha value is -2.82. The highest BCUT2D eigenvalue weighted by atomic mass is 16.5. The lowest BCUT2D eigenvalue weighted by atomic mass is 9.87. The Kier molecular flexibility index (Phi) is 5.24. The summed E-state index contributed by atoms with van der Waals surface area (Å²) in [5.74, 6) is -0.594. The molecule has 0 unspecified atom stereocenters. The first-order valence-electron chi connectivity index (χ1n) is 7.56. The summed E-state index contributed by atoms with van der Waals surface area (Å²) < 4.78 is 9.86. The number of carbonyl (C=O) groups is 2. The Morgan fingerprint density at radius 3 is 2.29 bits per heavy atom. The van der Waals surface area contributed by atoms with Crippen molar-refractivity contribution < 1.29 is 18.7 Å². The molecule has 0 spiro atoms. The summed E-state index contributed by atoms with van der Waals surface area (Å²) in [6.07, 6.45) is 2.90. The number of methoxy groups -OCH3 is 1. The van der Waals surface area contributed by atoms with Crippen molar-refractivity contribution in [2.45, 2.75) is 26.2 Å². The zero-order valence-electron chi connectivity index (χ0n) is 14.3. The normalized spacial score (nSPS) is 11.9. The van der Waals surface area contributed by atoms with E-state index in [2.05, 4.69) is 26.1 Å². The van der Waals surface area contributed by atoms with Crippen LogP contribution in [-0.4, -0.2) is 19.0 Å². The van der Waals surface area contributed by atoms with E-state index in [1.807, 2.05) is 12.1 Å². The Balaban J connectivity index is 2.20. The van der Waals surface area contributed by atoms with E-state index in [1.165, 1.54) is 19.4 Å². The van der Waals surface area contributed by atoms with Crippen LogP contribution < -0.4 is 5.32 Å². The highest BCUT2D eigenvalue weighted by Gasteiger charge is 2.17. The molecule has 0 atom stereocenters. The maximum Gasteiger partial charge on any atom is 0.354 e. The number of benzene rings is 1. The molecule has 0 aliphatic heterocycles. The minimum absolute atomic E-state index is 0.00533. The van der Waals surface area contributed by atoms with E-state index >= 15 is 0 Å². The molecule has 2 aromatic rings. The summed E-state index contributed by atoms with van der Waals surface area (Å²) in [6.45, 7) is 6.30. The minimum Gasteiger partial charge on any atom is -0.465 e. The number of esters is 1. The van der Waals surface area contributed by atoms with Gasteiger partial charge in [0.15, 0.2) is 0 Å². The number of nitrogens with one attached hydrogen (secondary N) is 1. The molecule has 126 valence electrons. The molecule has 0 fully saturated rings. The largest absolute Gasteiger partial charge is 0.465 e. The van der Waals surface area contributed by atoms with Crippen molar-refractivity contribution in [2.75, 3.05) is 7.11 Å². The lowest BCUT2D eigenvalue weighted by Crippen LogP contribution is -2.28. The van der Waals surface area contributed by atoms with Crippen molar-refractivity contribution >= 4 is 18.0 Å². The summed E-state index contributed by atoms with van der Waals surface area (Å²) in [5, 5.41) is 2.57. The average molecular weight is 327 g/mol. The lowest BCUT2D eigenvalue weighted by Gasteiger charge is -2.19. The summed E-state index contributed by atoms with van der Waals surface area (Å²) in [7, 11) is 1.25. The molecule has 0 aliphatic carbocycles. The third-order valence-corrected chi connectivity index (χ3v) is 3.50. The Morgan fingerprint density at radius 1 is 1.12 bits per heavy atom. The number of hydrogen-bond donors (Lipinski definition) is 1. The van der Waals surface area contributed by atoms with Crippen LogP contribution in [0.25, 0.3) is 6.08 Å². The van der Waals surface area contributed by atoms with Gasteiger partial charge < -0.3 is 14.5 Å². The molecule has 1 amide bonds. The van der Waals surface area contributed by atoms with E-state index in [0.29, 0.717) is 11.3 Å². The molecule has 0 aliphatic rings. The van der Waals surface area contributed by atoms with Gasteiger partial charge in [0.05, 0.1) is 13.4 Å². The summed E-state index contributed by atoms with van der Waals surface area (Å²) in [6, 6.07) is 10.6. The molecule has 1 aromatic carbocycles. The van der Waals surface area contributed by atoms with Gasteiger partial charge in [0, 0.05) is 11.6 Å².